The first-order valence-electron chi connectivity index (χ1n) is 4.64. The molecule has 0 amide bonds. The van der Waals surface area contributed by atoms with E-state index in [1.807, 2.05) is 6.92 Å². The molecule has 15 heavy (non-hydrogen) atoms. The number of carbonyl (C=O) groups is 1. The van der Waals surface area contributed by atoms with Gasteiger partial charge in [0.25, 0.3) is 0 Å². The summed E-state index contributed by atoms with van der Waals surface area (Å²) in [5, 5.41) is 4.09. The summed E-state index contributed by atoms with van der Waals surface area (Å²) in [7, 11) is 3.11. The molecule has 0 bridgehead atoms. The Morgan fingerprint density at radius 3 is 2.60 bits per heavy atom. The Kier molecular flexibility index (Phi) is 3.60. The number of aldehydes is 1. The number of aromatic nitrogens is 2. The fraction of sp³-hybridized carbons (Fsp3) is 0.600. The van der Waals surface area contributed by atoms with Crippen molar-refractivity contribution < 1.29 is 14.3 Å². The largest absolute Gasteiger partial charge is 0.352 e. The van der Waals surface area contributed by atoms with E-state index in [0.29, 0.717) is 12.2 Å². The molecule has 84 valence electrons. The standard InChI is InChI=1S/C10H16N2O3/c1-8-5-11-12(9(8)6-13)7-10(2,14-3)15-4/h5-6H,7H2,1-4H3. The number of hydrogen-bond donors (Lipinski definition) is 0. The Bertz CT molecular complexity index is 342. The first kappa shape index (κ1) is 11.9. The third-order valence-corrected chi connectivity index (χ3v) is 2.49. The molecule has 0 aromatic carbocycles. The third kappa shape index (κ3) is 2.43. The van der Waals surface area contributed by atoms with Gasteiger partial charge in [0.2, 0.25) is 0 Å². The highest BCUT2D eigenvalue weighted by Crippen LogP contribution is 2.15. The number of aryl methyl sites for hydroxylation is 1. The van der Waals surface area contributed by atoms with Gasteiger partial charge in [0.15, 0.2) is 12.1 Å². The molecule has 0 atom stereocenters. The monoisotopic (exact) mass is 212 g/mol. The maximum absolute atomic E-state index is 10.8. The van der Waals surface area contributed by atoms with Gasteiger partial charge in [-0.05, 0) is 19.4 Å². The van der Waals surface area contributed by atoms with Crippen LogP contribution in [0.5, 0.6) is 0 Å². The lowest BCUT2D eigenvalue weighted by atomic mass is 10.2. The molecular formula is C10H16N2O3. The third-order valence-electron chi connectivity index (χ3n) is 2.49. The fourth-order valence-corrected chi connectivity index (χ4v) is 1.25. The number of methoxy groups -OCH3 is 2. The summed E-state index contributed by atoms with van der Waals surface area (Å²) in [6.07, 6.45) is 2.43. The van der Waals surface area contributed by atoms with Gasteiger partial charge in [-0.3, -0.25) is 9.48 Å². The van der Waals surface area contributed by atoms with Gasteiger partial charge >= 0.3 is 0 Å². The molecular weight excluding hydrogens is 196 g/mol. The van der Waals surface area contributed by atoms with Gasteiger partial charge in [0, 0.05) is 14.2 Å². The lowest BCUT2D eigenvalue weighted by molar-refractivity contribution is -0.202. The van der Waals surface area contributed by atoms with Crippen LogP contribution < -0.4 is 0 Å². The van der Waals surface area contributed by atoms with Crippen LogP contribution in [0.15, 0.2) is 6.20 Å². The summed E-state index contributed by atoms with van der Waals surface area (Å²) >= 11 is 0. The summed E-state index contributed by atoms with van der Waals surface area (Å²) in [5.41, 5.74) is 1.40. The second kappa shape index (κ2) is 4.55. The van der Waals surface area contributed by atoms with Crippen LogP contribution in [-0.4, -0.2) is 36.1 Å². The highest BCUT2D eigenvalue weighted by atomic mass is 16.7. The second-order valence-corrected chi connectivity index (χ2v) is 3.53. The average molecular weight is 212 g/mol. The highest BCUT2D eigenvalue weighted by Gasteiger charge is 2.25. The lowest BCUT2D eigenvalue weighted by Gasteiger charge is -2.26. The van der Waals surface area contributed by atoms with Gasteiger partial charge in [0.1, 0.15) is 5.69 Å². The maximum atomic E-state index is 10.8. The Morgan fingerprint density at radius 1 is 1.53 bits per heavy atom. The van der Waals surface area contributed by atoms with E-state index in [0.717, 1.165) is 11.8 Å². The lowest BCUT2D eigenvalue weighted by Crippen LogP contribution is -2.36. The Hall–Kier alpha value is -1.20. The summed E-state index contributed by atoms with van der Waals surface area (Å²) in [6, 6.07) is 0. The van der Waals surface area contributed by atoms with Crippen molar-refractivity contribution >= 4 is 6.29 Å². The Balaban J connectivity index is 2.93. The minimum Gasteiger partial charge on any atom is -0.352 e. The van der Waals surface area contributed by atoms with Crippen LogP contribution in [-0.2, 0) is 16.0 Å². The van der Waals surface area contributed by atoms with Gasteiger partial charge in [0.05, 0.1) is 12.7 Å². The van der Waals surface area contributed by atoms with Crippen molar-refractivity contribution in [2.75, 3.05) is 14.2 Å². The number of ether oxygens (including phenoxy) is 2. The van der Waals surface area contributed by atoms with Crippen LogP contribution in [0, 0.1) is 6.92 Å². The van der Waals surface area contributed by atoms with E-state index in [-0.39, 0.29) is 0 Å². The number of rotatable bonds is 5. The van der Waals surface area contributed by atoms with Crippen LogP contribution in [0.3, 0.4) is 0 Å². The molecule has 0 radical (unpaired) electrons. The van der Waals surface area contributed by atoms with Crippen molar-refractivity contribution in [3.63, 3.8) is 0 Å². The Morgan fingerprint density at radius 2 is 2.13 bits per heavy atom. The second-order valence-electron chi connectivity index (χ2n) is 3.53. The van der Waals surface area contributed by atoms with Gasteiger partial charge in [-0.2, -0.15) is 5.10 Å². The van der Waals surface area contributed by atoms with Crippen molar-refractivity contribution in [2.45, 2.75) is 26.2 Å². The van der Waals surface area contributed by atoms with Gasteiger partial charge in [-0.15, -0.1) is 0 Å². The molecule has 0 aliphatic heterocycles. The topological polar surface area (TPSA) is 53.4 Å². The first-order chi connectivity index (χ1) is 7.06. The molecule has 0 spiro atoms. The van der Waals surface area contributed by atoms with Crippen molar-refractivity contribution in [3.8, 4) is 0 Å². The molecule has 0 N–H and O–H groups in total. The SMILES string of the molecule is COC(C)(Cn1ncc(C)c1C=O)OC. The molecule has 0 unspecified atom stereocenters. The summed E-state index contributed by atoms with van der Waals surface area (Å²) in [4.78, 5) is 10.8. The average Bonchev–Trinajstić information content (AvgIpc) is 2.59. The molecule has 0 aliphatic carbocycles. The number of carbonyl (C=O) groups excluding carboxylic acids is 1. The van der Waals surface area contributed by atoms with Crippen LogP contribution in [0.4, 0.5) is 0 Å². The van der Waals surface area contributed by atoms with Crippen LogP contribution in [0.2, 0.25) is 0 Å². The number of nitrogens with zero attached hydrogens (tertiary/aromatic N) is 2. The van der Waals surface area contributed by atoms with Crippen LogP contribution in [0.1, 0.15) is 23.0 Å². The molecule has 1 rings (SSSR count). The molecule has 1 aromatic rings. The molecule has 5 nitrogen and oxygen atoms in total. The van der Waals surface area contributed by atoms with E-state index in [2.05, 4.69) is 5.10 Å². The van der Waals surface area contributed by atoms with E-state index in [9.17, 15) is 4.79 Å². The summed E-state index contributed by atoms with van der Waals surface area (Å²) < 4.78 is 12.0. The molecule has 0 saturated carbocycles. The van der Waals surface area contributed by atoms with E-state index in [1.165, 1.54) is 0 Å². The van der Waals surface area contributed by atoms with Crippen molar-refractivity contribution in [3.05, 3.63) is 17.5 Å². The maximum Gasteiger partial charge on any atom is 0.184 e. The van der Waals surface area contributed by atoms with E-state index in [1.54, 1.807) is 32.0 Å². The molecule has 1 heterocycles. The zero-order valence-corrected chi connectivity index (χ0v) is 9.48. The van der Waals surface area contributed by atoms with Gasteiger partial charge in [-0.25, -0.2) is 0 Å². The van der Waals surface area contributed by atoms with Gasteiger partial charge < -0.3 is 9.47 Å². The molecule has 0 saturated heterocycles. The number of hydrogen-bond acceptors (Lipinski definition) is 4. The molecule has 1 aromatic heterocycles. The van der Waals surface area contributed by atoms with Crippen molar-refractivity contribution in [2.24, 2.45) is 0 Å². The van der Waals surface area contributed by atoms with Crippen LogP contribution in [0.25, 0.3) is 0 Å². The van der Waals surface area contributed by atoms with Crippen LogP contribution >= 0.6 is 0 Å². The molecule has 0 aliphatic rings. The minimum absolute atomic E-state index is 0.377. The van der Waals surface area contributed by atoms with E-state index < -0.39 is 5.79 Å². The van der Waals surface area contributed by atoms with Crippen molar-refractivity contribution in [1.29, 1.82) is 0 Å². The smallest absolute Gasteiger partial charge is 0.184 e. The predicted octanol–water partition coefficient (Wildman–Crippen LogP) is 1.01. The minimum atomic E-state index is -0.768. The summed E-state index contributed by atoms with van der Waals surface area (Å²) in [5.74, 6) is -0.768. The Labute approximate surface area is 89.0 Å². The quantitative estimate of drug-likeness (QED) is 0.540. The zero-order chi connectivity index (χ0) is 11.5. The fourth-order valence-electron chi connectivity index (χ4n) is 1.25. The van der Waals surface area contributed by atoms with E-state index in [4.69, 9.17) is 9.47 Å². The van der Waals surface area contributed by atoms with Crippen molar-refractivity contribution in [1.82, 2.24) is 9.78 Å². The van der Waals surface area contributed by atoms with Gasteiger partial charge in [-0.1, -0.05) is 0 Å². The highest BCUT2D eigenvalue weighted by molar-refractivity contribution is 5.74. The normalized spacial score (nSPS) is 11.7. The molecule has 5 heteroatoms. The molecule has 0 fully saturated rings. The summed E-state index contributed by atoms with van der Waals surface area (Å²) in [6.45, 7) is 4.00. The first-order valence-corrected chi connectivity index (χ1v) is 4.64. The zero-order valence-electron chi connectivity index (χ0n) is 9.48. The predicted molar refractivity (Wildman–Crippen MR) is 54.8 cm³/mol. The van der Waals surface area contributed by atoms with E-state index >= 15 is 0 Å².